The van der Waals surface area contributed by atoms with Gasteiger partial charge in [0.15, 0.2) is 0 Å². The van der Waals surface area contributed by atoms with Crippen molar-refractivity contribution in [2.24, 2.45) is 11.8 Å². The van der Waals surface area contributed by atoms with Crippen LogP contribution in [0.5, 0.6) is 0 Å². The number of benzene rings is 1. The Kier molecular flexibility index (Phi) is 5.45. The van der Waals surface area contributed by atoms with Gasteiger partial charge in [0, 0.05) is 40.0 Å². The third kappa shape index (κ3) is 3.92. The Morgan fingerprint density at radius 2 is 1.35 bits per heavy atom. The SMILES string of the molecule is Cc1ccccc1C1CC(C(=O)N(C)C)CC(C(=O)N(C)C)C1. The fourth-order valence-electron chi connectivity index (χ4n) is 3.75. The summed E-state index contributed by atoms with van der Waals surface area (Å²) >= 11 is 0. The van der Waals surface area contributed by atoms with E-state index in [-0.39, 0.29) is 29.6 Å². The van der Waals surface area contributed by atoms with E-state index in [0.717, 1.165) is 12.8 Å². The second-order valence-electron chi connectivity index (χ2n) is 7.12. The molecule has 1 aliphatic carbocycles. The van der Waals surface area contributed by atoms with Gasteiger partial charge in [0.05, 0.1) is 0 Å². The molecule has 2 amide bonds. The summed E-state index contributed by atoms with van der Waals surface area (Å²) in [5, 5.41) is 0. The maximum Gasteiger partial charge on any atom is 0.225 e. The molecule has 1 aliphatic rings. The van der Waals surface area contributed by atoms with Crippen LogP contribution >= 0.6 is 0 Å². The molecule has 0 heterocycles. The summed E-state index contributed by atoms with van der Waals surface area (Å²) in [6, 6.07) is 8.32. The lowest BCUT2D eigenvalue weighted by molar-refractivity contribution is -0.139. The molecule has 0 saturated heterocycles. The van der Waals surface area contributed by atoms with Crippen molar-refractivity contribution in [2.75, 3.05) is 28.2 Å². The normalized spacial score (nSPS) is 24.1. The molecule has 1 fully saturated rings. The molecule has 0 spiro atoms. The summed E-state index contributed by atoms with van der Waals surface area (Å²) in [5.74, 6) is 0.405. The van der Waals surface area contributed by atoms with Crippen molar-refractivity contribution >= 4 is 11.8 Å². The van der Waals surface area contributed by atoms with Gasteiger partial charge in [-0.1, -0.05) is 24.3 Å². The zero-order valence-corrected chi connectivity index (χ0v) is 14.9. The average Bonchev–Trinajstić information content (AvgIpc) is 2.53. The van der Waals surface area contributed by atoms with Crippen LogP contribution in [0, 0.1) is 18.8 Å². The Morgan fingerprint density at radius 1 is 0.870 bits per heavy atom. The summed E-state index contributed by atoms with van der Waals surface area (Å²) in [6.45, 7) is 2.11. The van der Waals surface area contributed by atoms with Gasteiger partial charge >= 0.3 is 0 Å². The highest BCUT2D eigenvalue weighted by atomic mass is 16.2. The molecule has 2 rings (SSSR count). The molecule has 126 valence electrons. The van der Waals surface area contributed by atoms with Crippen molar-refractivity contribution in [3.05, 3.63) is 35.4 Å². The maximum atomic E-state index is 12.5. The molecular formula is C19H28N2O2. The van der Waals surface area contributed by atoms with Crippen molar-refractivity contribution in [1.29, 1.82) is 0 Å². The number of rotatable bonds is 3. The summed E-state index contributed by atoms with van der Waals surface area (Å²) < 4.78 is 0. The Balaban J connectivity index is 2.30. The predicted octanol–water partition coefficient (Wildman–Crippen LogP) is 2.67. The van der Waals surface area contributed by atoms with E-state index in [1.165, 1.54) is 11.1 Å². The van der Waals surface area contributed by atoms with Crippen LogP contribution in [0.2, 0.25) is 0 Å². The number of aryl methyl sites for hydroxylation is 1. The number of nitrogens with zero attached hydrogens (tertiary/aromatic N) is 2. The van der Waals surface area contributed by atoms with Gasteiger partial charge in [0.1, 0.15) is 0 Å². The molecule has 0 aromatic heterocycles. The largest absolute Gasteiger partial charge is 0.349 e. The molecule has 1 aromatic rings. The third-order valence-corrected chi connectivity index (χ3v) is 4.92. The first-order chi connectivity index (χ1) is 10.8. The van der Waals surface area contributed by atoms with Crippen LogP contribution in [0.25, 0.3) is 0 Å². The molecule has 1 saturated carbocycles. The molecule has 0 N–H and O–H groups in total. The zero-order chi connectivity index (χ0) is 17.1. The van der Waals surface area contributed by atoms with E-state index in [1.54, 1.807) is 38.0 Å². The first-order valence-electron chi connectivity index (χ1n) is 8.29. The standard InChI is InChI=1S/C19H28N2O2/c1-13-8-6-7-9-17(13)14-10-15(18(22)20(2)3)12-16(11-14)19(23)21(4)5/h6-9,14-16H,10-12H2,1-5H3. The van der Waals surface area contributed by atoms with E-state index in [4.69, 9.17) is 0 Å². The lowest BCUT2D eigenvalue weighted by Gasteiger charge is -2.36. The lowest BCUT2D eigenvalue weighted by atomic mass is 9.71. The second-order valence-corrected chi connectivity index (χ2v) is 7.12. The number of hydrogen-bond acceptors (Lipinski definition) is 2. The van der Waals surface area contributed by atoms with Crippen LogP contribution in [-0.4, -0.2) is 49.8 Å². The van der Waals surface area contributed by atoms with Crippen molar-refractivity contribution in [3.8, 4) is 0 Å². The molecule has 2 unspecified atom stereocenters. The van der Waals surface area contributed by atoms with E-state index in [1.807, 2.05) is 12.1 Å². The molecule has 0 bridgehead atoms. The van der Waals surface area contributed by atoms with E-state index < -0.39 is 0 Å². The summed E-state index contributed by atoms with van der Waals surface area (Å²) in [6.07, 6.45) is 2.33. The summed E-state index contributed by atoms with van der Waals surface area (Å²) in [5.41, 5.74) is 2.52. The monoisotopic (exact) mass is 316 g/mol. The molecular weight excluding hydrogens is 288 g/mol. The van der Waals surface area contributed by atoms with E-state index in [9.17, 15) is 9.59 Å². The molecule has 1 aromatic carbocycles. The van der Waals surface area contributed by atoms with Crippen molar-refractivity contribution in [3.63, 3.8) is 0 Å². The third-order valence-electron chi connectivity index (χ3n) is 4.92. The van der Waals surface area contributed by atoms with Gasteiger partial charge in [-0.3, -0.25) is 9.59 Å². The van der Waals surface area contributed by atoms with Gasteiger partial charge in [0.25, 0.3) is 0 Å². The van der Waals surface area contributed by atoms with Gasteiger partial charge in [-0.25, -0.2) is 0 Å². The van der Waals surface area contributed by atoms with Crippen molar-refractivity contribution < 1.29 is 9.59 Å². The van der Waals surface area contributed by atoms with Gasteiger partial charge in [-0.15, -0.1) is 0 Å². The van der Waals surface area contributed by atoms with Crippen molar-refractivity contribution in [2.45, 2.75) is 32.1 Å². The minimum absolute atomic E-state index is 0.0720. The Bertz CT molecular complexity index is 552. The topological polar surface area (TPSA) is 40.6 Å². The van der Waals surface area contributed by atoms with Crippen LogP contribution in [0.15, 0.2) is 24.3 Å². The van der Waals surface area contributed by atoms with E-state index >= 15 is 0 Å². The first kappa shape index (κ1) is 17.5. The highest BCUT2D eigenvalue weighted by Gasteiger charge is 2.38. The number of carbonyl (C=O) groups excluding carboxylic acids is 2. The predicted molar refractivity (Wildman–Crippen MR) is 92.1 cm³/mol. The molecule has 23 heavy (non-hydrogen) atoms. The molecule has 2 atom stereocenters. The second kappa shape index (κ2) is 7.16. The Labute approximate surface area is 139 Å². The fraction of sp³-hybridized carbons (Fsp3) is 0.579. The molecule has 4 heteroatoms. The highest BCUT2D eigenvalue weighted by Crippen LogP contribution is 2.41. The maximum absolute atomic E-state index is 12.5. The Hall–Kier alpha value is -1.84. The van der Waals surface area contributed by atoms with Crippen LogP contribution in [0.3, 0.4) is 0 Å². The van der Waals surface area contributed by atoms with E-state index in [0.29, 0.717) is 6.42 Å². The van der Waals surface area contributed by atoms with Crippen LogP contribution in [-0.2, 0) is 9.59 Å². The number of amides is 2. The van der Waals surface area contributed by atoms with Crippen LogP contribution < -0.4 is 0 Å². The molecule has 0 aliphatic heterocycles. The van der Waals surface area contributed by atoms with Gasteiger partial charge in [-0.05, 0) is 43.2 Å². The Morgan fingerprint density at radius 3 is 1.78 bits per heavy atom. The van der Waals surface area contributed by atoms with Gasteiger partial charge in [-0.2, -0.15) is 0 Å². The van der Waals surface area contributed by atoms with Gasteiger partial charge < -0.3 is 9.80 Å². The number of carbonyl (C=O) groups is 2. The van der Waals surface area contributed by atoms with E-state index in [2.05, 4.69) is 19.1 Å². The highest BCUT2D eigenvalue weighted by molar-refractivity contribution is 5.82. The first-order valence-corrected chi connectivity index (χ1v) is 8.29. The van der Waals surface area contributed by atoms with Crippen LogP contribution in [0.1, 0.15) is 36.3 Å². The fourth-order valence-corrected chi connectivity index (χ4v) is 3.75. The smallest absolute Gasteiger partial charge is 0.225 e. The minimum atomic E-state index is -0.0720. The van der Waals surface area contributed by atoms with Crippen LogP contribution in [0.4, 0.5) is 0 Å². The average molecular weight is 316 g/mol. The quantitative estimate of drug-likeness (QED) is 0.860. The summed E-state index contributed by atoms with van der Waals surface area (Å²) in [4.78, 5) is 28.3. The minimum Gasteiger partial charge on any atom is -0.349 e. The van der Waals surface area contributed by atoms with Crippen molar-refractivity contribution in [1.82, 2.24) is 9.80 Å². The number of hydrogen-bond donors (Lipinski definition) is 0. The zero-order valence-electron chi connectivity index (χ0n) is 14.9. The summed E-state index contributed by atoms with van der Waals surface area (Å²) in [7, 11) is 7.18. The lowest BCUT2D eigenvalue weighted by Crippen LogP contribution is -2.40. The molecule has 0 radical (unpaired) electrons. The van der Waals surface area contributed by atoms with Gasteiger partial charge in [0.2, 0.25) is 11.8 Å². The molecule has 4 nitrogen and oxygen atoms in total.